The molecular weight excluding hydrogens is 330 g/mol. The topological polar surface area (TPSA) is 70.6 Å². The highest BCUT2D eigenvalue weighted by Crippen LogP contribution is 2.69. The van der Waals surface area contributed by atoms with Crippen LogP contribution in [0.15, 0.2) is 35.7 Å². The maximum atomic E-state index is 13.3. The van der Waals surface area contributed by atoms with Crippen molar-refractivity contribution < 1.29 is 14.4 Å². The summed E-state index contributed by atoms with van der Waals surface area (Å²) in [5.41, 5.74) is 3.07. The van der Waals surface area contributed by atoms with Gasteiger partial charge in [-0.2, -0.15) is 5.01 Å². The molecule has 3 fully saturated rings. The Kier molecular flexibility index (Phi) is 3.04. The first kappa shape index (κ1) is 15.7. The number of hydrogen-bond acceptors (Lipinski definition) is 4. The summed E-state index contributed by atoms with van der Waals surface area (Å²) in [5, 5.41) is 2.34. The maximum Gasteiger partial charge on any atom is 0.253 e. The number of aromatic nitrogens is 1. The zero-order valence-electron chi connectivity index (χ0n) is 15.0. The molecule has 134 valence electrons. The first-order chi connectivity index (χ1) is 12.4. The van der Waals surface area contributed by atoms with E-state index in [0.29, 0.717) is 17.5 Å². The van der Waals surface area contributed by atoms with Crippen LogP contribution in [-0.4, -0.2) is 27.7 Å². The number of rotatable bonds is 2. The molecule has 2 saturated carbocycles. The van der Waals surface area contributed by atoms with E-state index in [1.165, 1.54) is 23.1 Å². The monoisotopic (exact) mass is 351 g/mol. The summed E-state index contributed by atoms with van der Waals surface area (Å²) in [7, 11) is 0. The molecule has 2 bridgehead atoms. The van der Waals surface area contributed by atoms with E-state index in [-0.39, 0.29) is 41.4 Å². The lowest BCUT2D eigenvalue weighted by Gasteiger charge is -2.44. The van der Waals surface area contributed by atoms with Crippen molar-refractivity contribution in [1.29, 1.82) is 0 Å². The molecule has 6 nitrogen and oxygen atoms in total. The number of carbonyl (C=O) groups excluding carboxylic acids is 3. The molecule has 0 spiro atoms. The fourth-order valence-corrected chi connectivity index (χ4v) is 5.87. The summed E-state index contributed by atoms with van der Waals surface area (Å²) in [6.07, 6.45) is 4.23. The molecule has 2 heterocycles. The summed E-state index contributed by atoms with van der Waals surface area (Å²) in [5.74, 6) is -0.0479. The van der Waals surface area contributed by atoms with Gasteiger partial charge in [-0.05, 0) is 56.1 Å². The van der Waals surface area contributed by atoms with Crippen LogP contribution in [0.2, 0.25) is 0 Å². The van der Waals surface area contributed by atoms with Crippen LogP contribution >= 0.6 is 0 Å². The van der Waals surface area contributed by atoms with Crippen molar-refractivity contribution in [3.63, 3.8) is 0 Å². The Bertz CT molecular complexity index is 836. The molecule has 0 radical (unpaired) electrons. The third kappa shape index (κ3) is 1.77. The van der Waals surface area contributed by atoms with Crippen molar-refractivity contribution in [1.82, 2.24) is 9.99 Å². The number of allylic oxidation sites excluding steroid dienone is 2. The van der Waals surface area contributed by atoms with Gasteiger partial charge in [0.1, 0.15) is 0 Å². The Morgan fingerprint density at radius 1 is 1.00 bits per heavy atom. The second-order valence-corrected chi connectivity index (χ2v) is 8.06. The number of nitrogens with zero attached hydrogens (tertiary/aromatic N) is 3. The minimum Gasteiger partial charge on any atom is -0.273 e. The van der Waals surface area contributed by atoms with Gasteiger partial charge in [-0.1, -0.05) is 11.1 Å². The van der Waals surface area contributed by atoms with Crippen LogP contribution < -0.4 is 5.01 Å². The number of anilines is 1. The van der Waals surface area contributed by atoms with Gasteiger partial charge in [0.15, 0.2) is 0 Å². The van der Waals surface area contributed by atoms with E-state index in [4.69, 9.17) is 0 Å². The number of imide groups is 1. The second-order valence-electron chi connectivity index (χ2n) is 8.06. The summed E-state index contributed by atoms with van der Waals surface area (Å²) < 4.78 is 0. The zero-order chi connectivity index (χ0) is 18.3. The van der Waals surface area contributed by atoms with Gasteiger partial charge in [0.05, 0.1) is 17.5 Å². The van der Waals surface area contributed by atoms with Gasteiger partial charge in [0.2, 0.25) is 5.91 Å². The third-order valence-electron chi connectivity index (χ3n) is 6.99. The molecule has 1 saturated heterocycles. The Hall–Kier alpha value is -2.50. The van der Waals surface area contributed by atoms with Crippen molar-refractivity contribution in [2.24, 2.45) is 35.5 Å². The van der Waals surface area contributed by atoms with E-state index in [1.807, 2.05) is 0 Å². The lowest BCUT2D eigenvalue weighted by Crippen LogP contribution is -2.50. The number of hydrazine groups is 1. The highest BCUT2D eigenvalue weighted by Gasteiger charge is 2.70. The van der Waals surface area contributed by atoms with E-state index in [0.717, 1.165) is 11.4 Å². The van der Waals surface area contributed by atoms with E-state index >= 15 is 0 Å². The minimum absolute atomic E-state index is 0.155. The minimum atomic E-state index is -0.351. The summed E-state index contributed by atoms with van der Waals surface area (Å²) in [4.78, 5) is 43.0. The van der Waals surface area contributed by atoms with E-state index in [1.54, 1.807) is 24.5 Å². The maximum absolute atomic E-state index is 13.3. The van der Waals surface area contributed by atoms with Crippen LogP contribution in [0.3, 0.4) is 0 Å². The van der Waals surface area contributed by atoms with Crippen molar-refractivity contribution in [2.75, 3.05) is 5.01 Å². The second kappa shape index (κ2) is 5.02. The van der Waals surface area contributed by atoms with Gasteiger partial charge in [-0.3, -0.25) is 19.4 Å². The Morgan fingerprint density at radius 2 is 1.50 bits per heavy atom. The fraction of sp³-hybridized carbons (Fsp3) is 0.500. The molecule has 1 aromatic rings. The molecule has 6 atom stereocenters. The van der Waals surface area contributed by atoms with Crippen LogP contribution in [0.1, 0.15) is 27.2 Å². The molecule has 4 aliphatic carbocycles. The normalized spacial score (nSPS) is 37.0. The van der Waals surface area contributed by atoms with Gasteiger partial charge in [-0.25, -0.2) is 5.01 Å². The van der Waals surface area contributed by atoms with Crippen molar-refractivity contribution in [3.05, 3.63) is 35.7 Å². The number of pyridine rings is 1. The SMILES string of the molecule is CC(=O)N(c1ccncc1)N1C(=O)C2C3C(C)=C(C)C(C4CC43)C2C1=O. The van der Waals surface area contributed by atoms with E-state index in [2.05, 4.69) is 18.8 Å². The predicted molar refractivity (Wildman–Crippen MR) is 93.2 cm³/mol. The zero-order valence-corrected chi connectivity index (χ0v) is 15.0. The van der Waals surface area contributed by atoms with Crippen LogP contribution in [0, 0.1) is 35.5 Å². The summed E-state index contributed by atoms with van der Waals surface area (Å²) in [6.45, 7) is 5.61. The van der Waals surface area contributed by atoms with Gasteiger partial charge in [-0.15, -0.1) is 0 Å². The van der Waals surface area contributed by atoms with Crippen molar-refractivity contribution in [3.8, 4) is 0 Å². The van der Waals surface area contributed by atoms with Crippen LogP contribution in [-0.2, 0) is 14.4 Å². The van der Waals surface area contributed by atoms with Gasteiger partial charge in [0.25, 0.3) is 11.8 Å². The van der Waals surface area contributed by atoms with Gasteiger partial charge < -0.3 is 0 Å². The molecule has 26 heavy (non-hydrogen) atoms. The standard InChI is InChI=1S/C20H21N3O3/c1-9-10(2)16-14-8-13(14)15(9)17-18(16)20(26)23(19(17)25)22(11(3)24)12-4-6-21-7-5-12/h4-7,13-18H,8H2,1-3H3. The molecule has 5 aliphatic rings. The first-order valence-electron chi connectivity index (χ1n) is 9.19. The predicted octanol–water partition coefficient (Wildman–Crippen LogP) is 2.18. The largest absolute Gasteiger partial charge is 0.273 e. The molecular formula is C20H21N3O3. The molecule has 0 N–H and O–H groups in total. The number of amides is 3. The molecule has 6 heteroatoms. The smallest absolute Gasteiger partial charge is 0.253 e. The lowest BCUT2D eigenvalue weighted by atomic mass is 9.57. The molecule has 6 unspecified atom stereocenters. The Labute approximate surface area is 151 Å². The highest BCUT2D eigenvalue weighted by molar-refractivity contribution is 6.11. The summed E-state index contributed by atoms with van der Waals surface area (Å²) in [6, 6.07) is 3.29. The average Bonchev–Trinajstić information content (AvgIpc) is 3.38. The Balaban J connectivity index is 1.59. The average molecular weight is 351 g/mol. The fourth-order valence-electron chi connectivity index (χ4n) is 5.87. The first-order valence-corrected chi connectivity index (χ1v) is 9.19. The molecule has 1 aromatic heterocycles. The van der Waals surface area contributed by atoms with E-state index < -0.39 is 0 Å². The van der Waals surface area contributed by atoms with Crippen LogP contribution in [0.4, 0.5) is 5.69 Å². The number of carbonyl (C=O) groups is 3. The van der Waals surface area contributed by atoms with Gasteiger partial charge >= 0.3 is 0 Å². The van der Waals surface area contributed by atoms with Crippen LogP contribution in [0.5, 0.6) is 0 Å². The number of hydrogen-bond donors (Lipinski definition) is 0. The van der Waals surface area contributed by atoms with Crippen LogP contribution in [0.25, 0.3) is 0 Å². The Morgan fingerprint density at radius 3 is 1.96 bits per heavy atom. The highest BCUT2D eigenvalue weighted by atomic mass is 16.2. The van der Waals surface area contributed by atoms with E-state index in [9.17, 15) is 14.4 Å². The van der Waals surface area contributed by atoms with Crippen molar-refractivity contribution in [2.45, 2.75) is 27.2 Å². The quantitative estimate of drug-likeness (QED) is 0.605. The lowest BCUT2D eigenvalue weighted by molar-refractivity contribution is -0.144. The molecule has 3 amide bonds. The summed E-state index contributed by atoms with van der Waals surface area (Å²) >= 11 is 0. The molecule has 1 aliphatic heterocycles. The molecule has 6 rings (SSSR count). The molecule has 0 aromatic carbocycles. The van der Waals surface area contributed by atoms with Gasteiger partial charge in [0, 0.05) is 19.3 Å². The van der Waals surface area contributed by atoms with Crippen molar-refractivity contribution >= 4 is 23.4 Å². The third-order valence-corrected chi connectivity index (χ3v) is 6.99.